The van der Waals surface area contributed by atoms with Crippen LogP contribution in [0.2, 0.25) is 0 Å². The average Bonchev–Trinajstić information content (AvgIpc) is 1.88. The van der Waals surface area contributed by atoms with E-state index in [0.717, 1.165) is 0 Å². The molecule has 3 nitrogen and oxygen atoms in total. The highest BCUT2D eigenvalue weighted by molar-refractivity contribution is 7.09. The molecule has 0 aliphatic heterocycles. The molecule has 0 saturated carbocycles. The number of rotatable bonds is 4. The van der Waals surface area contributed by atoms with Gasteiger partial charge >= 0.3 is 0 Å². The first-order chi connectivity index (χ1) is 4.63. The van der Waals surface area contributed by atoms with Gasteiger partial charge in [0.25, 0.3) is 0 Å². The van der Waals surface area contributed by atoms with Crippen LogP contribution in [0.25, 0.3) is 0 Å². The SMILES string of the molecule is CNC(C(C)=O)C(C)OP. The first kappa shape index (κ1) is 10.0. The standard InChI is InChI=1S/C6H14NO2P/c1-4(8)6(7-3)5(2)9-10/h5-7H,10H2,1-3H3. The van der Waals surface area contributed by atoms with Gasteiger partial charge in [0.1, 0.15) is 5.78 Å². The van der Waals surface area contributed by atoms with Crippen molar-refractivity contribution in [2.24, 2.45) is 0 Å². The molecule has 0 bridgehead atoms. The molecule has 0 aromatic rings. The molecule has 3 atom stereocenters. The fourth-order valence-electron chi connectivity index (χ4n) is 0.847. The van der Waals surface area contributed by atoms with E-state index in [-0.39, 0.29) is 17.9 Å². The van der Waals surface area contributed by atoms with Crippen molar-refractivity contribution in [2.45, 2.75) is 26.0 Å². The summed E-state index contributed by atoms with van der Waals surface area (Å²) in [7, 11) is 3.89. The van der Waals surface area contributed by atoms with Crippen LogP contribution in [0.3, 0.4) is 0 Å². The van der Waals surface area contributed by atoms with Crippen molar-refractivity contribution in [3.05, 3.63) is 0 Å². The van der Waals surface area contributed by atoms with Gasteiger partial charge in [0.15, 0.2) is 0 Å². The minimum Gasteiger partial charge on any atom is -0.361 e. The first-order valence-corrected chi connectivity index (χ1v) is 3.63. The molecule has 0 spiro atoms. The van der Waals surface area contributed by atoms with E-state index < -0.39 is 0 Å². The summed E-state index contributed by atoms with van der Waals surface area (Å²) in [6, 6.07) is -0.197. The van der Waals surface area contributed by atoms with Crippen molar-refractivity contribution in [2.75, 3.05) is 7.05 Å². The lowest BCUT2D eigenvalue weighted by Crippen LogP contribution is -2.41. The molecule has 4 heteroatoms. The van der Waals surface area contributed by atoms with Gasteiger partial charge in [-0.05, 0) is 20.9 Å². The zero-order valence-electron chi connectivity index (χ0n) is 6.55. The van der Waals surface area contributed by atoms with Crippen molar-refractivity contribution < 1.29 is 9.32 Å². The molecule has 0 aromatic carbocycles. The Labute approximate surface area is 63.8 Å². The maximum Gasteiger partial charge on any atom is 0.149 e. The van der Waals surface area contributed by atoms with Gasteiger partial charge in [-0.3, -0.25) is 4.79 Å². The highest BCUT2D eigenvalue weighted by Gasteiger charge is 2.18. The lowest BCUT2D eigenvalue weighted by Gasteiger charge is -2.18. The number of ketones is 1. The largest absolute Gasteiger partial charge is 0.361 e. The van der Waals surface area contributed by atoms with E-state index in [1.54, 1.807) is 14.0 Å². The van der Waals surface area contributed by atoms with Gasteiger partial charge in [0, 0.05) is 9.47 Å². The number of carbonyl (C=O) groups is 1. The van der Waals surface area contributed by atoms with Crippen LogP contribution in [0.5, 0.6) is 0 Å². The molecule has 10 heavy (non-hydrogen) atoms. The fraction of sp³-hybridized carbons (Fsp3) is 0.833. The van der Waals surface area contributed by atoms with Gasteiger partial charge in [-0.1, -0.05) is 0 Å². The second kappa shape index (κ2) is 4.78. The summed E-state index contributed by atoms with van der Waals surface area (Å²) in [5.41, 5.74) is 0. The number of Topliss-reactive ketones (excluding diaryl/α,β-unsaturated/α-hetero) is 1. The van der Waals surface area contributed by atoms with E-state index in [2.05, 4.69) is 14.8 Å². The molecule has 0 radical (unpaired) electrons. The van der Waals surface area contributed by atoms with E-state index in [9.17, 15) is 4.79 Å². The fourth-order valence-corrected chi connectivity index (χ4v) is 1.00. The molecule has 0 rings (SSSR count). The third kappa shape index (κ3) is 2.74. The van der Waals surface area contributed by atoms with Crippen LogP contribution < -0.4 is 5.32 Å². The second-order valence-electron chi connectivity index (χ2n) is 2.22. The summed E-state index contributed by atoms with van der Waals surface area (Å²) in [6.45, 7) is 3.39. The van der Waals surface area contributed by atoms with Gasteiger partial charge in [-0.2, -0.15) is 0 Å². The van der Waals surface area contributed by atoms with E-state index in [1.165, 1.54) is 0 Å². The summed E-state index contributed by atoms with van der Waals surface area (Å²) < 4.78 is 4.90. The molecule has 60 valence electrons. The zero-order valence-corrected chi connectivity index (χ0v) is 7.70. The van der Waals surface area contributed by atoms with E-state index in [0.29, 0.717) is 0 Å². The number of hydrogen-bond donors (Lipinski definition) is 1. The minimum atomic E-state index is -0.197. The Balaban J connectivity index is 3.92. The van der Waals surface area contributed by atoms with Crippen molar-refractivity contribution >= 4 is 15.2 Å². The second-order valence-corrected chi connectivity index (χ2v) is 2.49. The zero-order chi connectivity index (χ0) is 8.15. The normalized spacial score (nSPS) is 16.4. The Kier molecular flexibility index (Phi) is 4.79. The van der Waals surface area contributed by atoms with E-state index in [1.807, 2.05) is 6.92 Å². The summed E-state index contributed by atoms with van der Waals surface area (Å²) in [5.74, 6) is 0.0949. The van der Waals surface area contributed by atoms with Gasteiger partial charge in [-0.25, -0.2) is 0 Å². The monoisotopic (exact) mass is 163 g/mol. The Morgan fingerprint density at radius 2 is 2.20 bits per heavy atom. The smallest absolute Gasteiger partial charge is 0.149 e. The maximum absolute atomic E-state index is 10.8. The molecule has 3 unspecified atom stereocenters. The molecule has 0 fully saturated rings. The molecule has 0 aromatic heterocycles. The number of carbonyl (C=O) groups excluding carboxylic acids is 1. The Bertz CT molecular complexity index is 118. The van der Waals surface area contributed by atoms with Crippen LogP contribution >= 0.6 is 9.47 Å². The minimum absolute atomic E-state index is 0.0903. The lowest BCUT2D eigenvalue weighted by molar-refractivity contribution is -0.120. The van der Waals surface area contributed by atoms with E-state index in [4.69, 9.17) is 4.52 Å². The Morgan fingerprint density at radius 1 is 1.70 bits per heavy atom. The average molecular weight is 163 g/mol. The number of likely N-dealkylation sites (N-methyl/N-ethyl adjacent to an activating group) is 1. The Morgan fingerprint density at radius 3 is 2.30 bits per heavy atom. The summed E-state index contributed by atoms with van der Waals surface area (Å²) in [5, 5.41) is 2.86. The topological polar surface area (TPSA) is 38.3 Å². The summed E-state index contributed by atoms with van der Waals surface area (Å²) >= 11 is 0. The lowest BCUT2D eigenvalue weighted by atomic mass is 10.1. The van der Waals surface area contributed by atoms with Gasteiger partial charge < -0.3 is 9.84 Å². The predicted molar refractivity (Wildman–Crippen MR) is 43.8 cm³/mol. The highest BCUT2D eigenvalue weighted by atomic mass is 31.0. The first-order valence-electron chi connectivity index (χ1n) is 3.16. The van der Waals surface area contributed by atoms with Gasteiger partial charge in [0.05, 0.1) is 12.1 Å². The predicted octanol–water partition coefficient (Wildman–Crippen LogP) is 0.359. The molecular weight excluding hydrogens is 149 g/mol. The molecule has 1 N–H and O–H groups in total. The quantitative estimate of drug-likeness (QED) is 0.608. The van der Waals surface area contributed by atoms with Crippen LogP contribution in [0.4, 0.5) is 0 Å². The third-order valence-electron chi connectivity index (χ3n) is 1.43. The van der Waals surface area contributed by atoms with Crippen molar-refractivity contribution in [3.63, 3.8) is 0 Å². The van der Waals surface area contributed by atoms with Crippen LogP contribution in [-0.4, -0.2) is 25.0 Å². The number of nitrogens with one attached hydrogen (secondary N) is 1. The molecule has 0 saturated heterocycles. The van der Waals surface area contributed by atoms with Crippen LogP contribution in [0, 0.1) is 0 Å². The molecule has 0 aliphatic rings. The van der Waals surface area contributed by atoms with Crippen molar-refractivity contribution in [3.8, 4) is 0 Å². The van der Waals surface area contributed by atoms with Crippen LogP contribution in [0.15, 0.2) is 0 Å². The molecule has 0 aliphatic carbocycles. The van der Waals surface area contributed by atoms with Crippen molar-refractivity contribution in [1.82, 2.24) is 5.32 Å². The third-order valence-corrected chi connectivity index (χ3v) is 1.86. The summed E-state index contributed by atoms with van der Waals surface area (Å²) in [4.78, 5) is 10.8. The summed E-state index contributed by atoms with van der Waals surface area (Å²) in [6.07, 6.45) is -0.0903. The molecule has 0 heterocycles. The van der Waals surface area contributed by atoms with Gasteiger partial charge in [-0.15, -0.1) is 0 Å². The highest BCUT2D eigenvalue weighted by Crippen LogP contribution is 2.03. The van der Waals surface area contributed by atoms with E-state index >= 15 is 0 Å². The Hall–Kier alpha value is 0.0200. The van der Waals surface area contributed by atoms with Crippen LogP contribution in [0.1, 0.15) is 13.8 Å². The van der Waals surface area contributed by atoms with Crippen molar-refractivity contribution in [1.29, 1.82) is 0 Å². The van der Waals surface area contributed by atoms with Gasteiger partial charge in [0.2, 0.25) is 0 Å². The van der Waals surface area contributed by atoms with Crippen LogP contribution in [-0.2, 0) is 9.32 Å². The maximum atomic E-state index is 10.8. The number of hydrogen-bond acceptors (Lipinski definition) is 3. The molecular formula is C6H14NO2P. The molecule has 0 amide bonds.